The van der Waals surface area contributed by atoms with E-state index in [0.717, 1.165) is 22.0 Å². The zero-order chi connectivity index (χ0) is 21.2. The molecule has 0 N–H and O–H groups in total. The van der Waals surface area contributed by atoms with Crippen LogP contribution in [0, 0.1) is 11.6 Å². The van der Waals surface area contributed by atoms with Gasteiger partial charge >= 0.3 is 6.36 Å². The molecule has 0 radical (unpaired) electrons. The van der Waals surface area contributed by atoms with Crippen molar-refractivity contribution in [1.82, 2.24) is 9.21 Å². The lowest BCUT2D eigenvalue weighted by Crippen LogP contribution is -2.48. The van der Waals surface area contributed by atoms with Gasteiger partial charge in [-0.1, -0.05) is 12.1 Å². The van der Waals surface area contributed by atoms with Gasteiger partial charge in [0, 0.05) is 32.7 Å². The normalized spacial score (nSPS) is 16.7. The Morgan fingerprint density at radius 3 is 2.14 bits per heavy atom. The molecule has 1 heterocycles. The van der Waals surface area contributed by atoms with Gasteiger partial charge in [0.15, 0.2) is 0 Å². The maximum Gasteiger partial charge on any atom is 0.573 e. The summed E-state index contributed by atoms with van der Waals surface area (Å²) in [5, 5.41) is 0. The number of rotatable bonds is 5. The van der Waals surface area contributed by atoms with Crippen LogP contribution >= 0.6 is 0 Å². The second-order valence-corrected chi connectivity index (χ2v) is 8.35. The molecule has 1 fully saturated rings. The second-order valence-electron chi connectivity index (χ2n) is 6.45. The smallest absolute Gasteiger partial charge is 0.406 e. The average Bonchev–Trinajstić information content (AvgIpc) is 2.64. The molecule has 1 aliphatic heterocycles. The van der Waals surface area contributed by atoms with Crippen molar-refractivity contribution in [1.29, 1.82) is 0 Å². The molecule has 0 amide bonds. The van der Waals surface area contributed by atoms with Crippen molar-refractivity contribution in [2.45, 2.75) is 17.8 Å². The predicted octanol–water partition coefficient (Wildman–Crippen LogP) is 3.37. The molecule has 2 aromatic rings. The third kappa shape index (κ3) is 5.43. The maximum absolute atomic E-state index is 13.9. The molecule has 0 aliphatic carbocycles. The SMILES string of the molecule is O=S(=O)(c1cc(F)ccc1F)N1CCN(Cc2ccc(OC(F)(F)F)cc2)CC1. The molecule has 11 heteroatoms. The molecular weight excluding hydrogens is 419 g/mol. The summed E-state index contributed by atoms with van der Waals surface area (Å²) in [6.45, 7) is 1.21. The van der Waals surface area contributed by atoms with Crippen LogP contribution in [0.3, 0.4) is 0 Å². The van der Waals surface area contributed by atoms with Gasteiger partial charge in [-0.3, -0.25) is 4.90 Å². The molecule has 0 bridgehead atoms. The quantitative estimate of drug-likeness (QED) is 0.675. The Kier molecular flexibility index (Phi) is 6.11. The van der Waals surface area contributed by atoms with Gasteiger partial charge in [-0.2, -0.15) is 4.31 Å². The van der Waals surface area contributed by atoms with Crippen LogP contribution in [0.4, 0.5) is 22.0 Å². The summed E-state index contributed by atoms with van der Waals surface area (Å²) >= 11 is 0. The van der Waals surface area contributed by atoms with E-state index in [4.69, 9.17) is 0 Å². The van der Waals surface area contributed by atoms with Crippen LogP contribution < -0.4 is 4.74 Å². The van der Waals surface area contributed by atoms with Crippen LogP contribution in [0.15, 0.2) is 47.4 Å². The minimum absolute atomic E-state index is 0.0769. The van der Waals surface area contributed by atoms with Gasteiger partial charge < -0.3 is 4.74 Å². The molecule has 3 rings (SSSR count). The highest BCUT2D eigenvalue weighted by Crippen LogP contribution is 2.24. The van der Waals surface area contributed by atoms with Gasteiger partial charge in [0.25, 0.3) is 0 Å². The number of nitrogens with zero attached hydrogens (tertiary/aromatic N) is 2. The molecule has 5 nitrogen and oxygen atoms in total. The van der Waals surface area contributed by atoms with Crippen LogP contribution in [-0.4, -0.2) is 50.2 Å². The van der Waals surface area contributed by atoms with Gasteiger partial charge in [0.2, 0.25) is 10.0 Å². The standard InChI is InChI=1S/C18H17F5N2O3S/c19-14-3-6-16(20)17(11-14)29(26,27)25-9-7-24(8-10-25)12-13-1-4-15(5-2-13)28-18(21,22)23/h1-6,11H,7-10,12H2. The highest BCUT2D eigenvalue weighted by molar-refractivity contribution is 7.89. The van der Waals surface area contributed by atoms with E-state index in [0.29, 0.717) is 25.7 Å². The Labute approximate surface area is 164 Å². The molecule has 29 heavy (non-hydrogen) atoms. The second kappa shape index (κ2) is 8.25. The van der Waals surface area contributed by atoms with E-state index in [-0.39, 0.29) is 18.8 Å². The van der Waals surface area contributed by atoms with Gasteiger partial charge in [-0.25, -0.2) is 17.2 Å². The van der Waals surface area contributed by atoms with Gasteiger partial charge in [0.05, 0.1) is 0 Å². The summed E-state index contributed by atoms with van der Waals surface area (Å²) in [7, 11) is -4.17. The third-order valence-electron chi connectivity index (χ3n) is 4.41. The lowest BCUT2D eigenvalue weighted by Gasteiger charge is -2.34. The summed E-state index contributed by atoms with van der Waals surface area (Å²) in [6, 6.07) is 7.66. The molecule has 0 unspecified atom stereocenters. The number of piperazine rings is 1. The molecule has 1 saturated heterocycles. The van der Waals surface area contributed by atoms with Crippen molar-refractivity contribution >= 4 is 10.0 Å². The Hall–Kier alpha value is -2.24. The summed E-state index contributed by atoms with van der Waals surface area (Å²) in [5.74, 6) is -2.19. The van der Waals surface area contributed by atoms with E-state index < -0.39 is 32.9 Å². The number of halogens is 5. The summed E-state index contributed by atoms with van der Waals surface area (Å²) in [5.41, 5.74) is 0.729. The molecule has 1 aliphatic rings. The highest BCUT2D eigenvalue weighted by Gasteiger charge is 2.32. The van der Waals surface area contributed by atoms with Gasteiger partial charge in [-0.05, 0) is 35.9 Å². The largest absolute Gasteiger partial charge is 0.573 e. The van der Waals surface area contributed by atoms with E-state index in [1.165, 1.54) is 24.3 Å². The monoisotopic (exact) mass is 436 g/mol. The highest BCUT2D eigenvalue weighted by atomic mass is 32.2. The van der Waals surface area contributed by atoms with E-state index >= 15 is 0 Å². The molecule has 0 saturated carbocycles. The summed E-state index contributed by atoms with van der Waals surface area (Å²) in [4.78, 5) is 1.21. The van der Waals surface area contributed by atoms with E-state index in [1.54, 1.807) is 0 Å². The first-order valence-electron chi connectivity index (χ1n) is 8.57. The van der Waals surface area contributed by atoms with Crippen molar-refractivity contribution in [3.63, 3.8) is 0 Å². The number of sulfonamides is 1. The van der Waals surface area contributed by atoms with Crippen molar-refractivity contribution in [3.8, 4) is 5.75 Å². The van der Waals surface area contributed by atoms with Crippen LogP contribution in [0.2, 0.25) is 0 Å². The fourth-order valence-corrected chi connectivity index (χ4v) is 4.49. The molecule has 0 spiro atoms. The van der Waals surface area contributed by atoms with Crippen LogP contribution in [0.5, 0.6) is 5.75 Å². The van der Waals surface area contributed by atoms with Crippen molar-refractivity contribution < 1.29 is 35.1 Å². The molecule has 158 valence electrons. The van der Waals surface area contributed by atoms with Gasteiger partial charge in [0.1, 0.15) is 22.3 Å². The summed E-state index contributed by atoms with van der Waals surface area (Å²) in [6.07, 6.45) is -4.76. The minimum Gasteiger partial charge on any atom is -0.406 e. The number of hydrogen-bond donors (Lipinski definition) is 0. The lowest BCUT2D eigenvalue weighted by atomic mass is 10.2. The van der Waals surface area contributed by atoms with Crippen LogP contribution in [-0.2, 0) is 16.6 Å². The zero-order valence-corrected chi connectivity index (χ0v) is 15.8. The van der Waals surface area contributed by atoms with Crippen molar-refractivity contribution in [2.24, 2.45) is 0 Å². The Balaban J connectivity index is 1.60. The van der Waals surface area contributed by atoms with E-state index in [2.05, 4.69) is 4.74 Å². The van der Waals surface area contributed by atoms with Crippen LogP contribution in [0.25, 0.3) is 0 Å². The maximum atomic E-state index is 13.9. The van der Waals surface area contributed by atoms with E-state index in [1.807, 2.05) is 4.90 Å². The molecule has 0 atom stereocenters. The van der Waals surface area contributed by atoms with E-state index in [9.17, 15) is 30.4 Å². The first-order chi connectivity index (χ1) is 13.5. The fourth-order valence-electron chi connectivity index (χ4n) is 3.00. The summed E-state index contributed by atoms with van der Waals surface area (Å²) < 4.78 is 93.8. The van der Waals surface area contributed by atoms with Crippen molar-refractivity contribution in [3.05, 3.63) is 59.7 Å². The number of ether oxygens (including phenoxy) is 1. The van der Waals surface area contributed by atoms with Crippen LogP contribution in [0.1, 0.15) is 5.56 Å². The minimum atomic E-state index is -4.76. The molecule has 0 aromatic heterocycles. The Morgan fingerprint density at radius 1 is 0.931 bits per heavy atom. The van der Waals surface area contributed by atoms with Gasteiger partial charge in [-0.15, -0.1) is 13.2 Å². The lowest BCUT2D eigenvalue weighted by molar-refractivity contribution is -0.274. The number of alkyl halides is 3. The Bertz CT molecular complexity index is 956. The zero-order valence-electron chi connectivity index (χ0n) is 15.0. The number of hydrogen-bond acceptors (Lipinski definition) is 4. The molecular formula is C18H17F5N2O3S. The first kappa shape index (κ1) is 21.5. The average molecular weight is 436 g/mol. The predicted molar refractivity (Wildman–Crippen MR) is 93.5 cm³/mol. The Morgan fingerprint density at radius 2 is 1.55 bits per heavy atom. The number of benzene rings is 2. The first-order valence-corrected chi connectivity index (χ1v) is 10.0. The van der Waals surface area contributed by atoms with Crippen molar-refractivity contribution in [2.75, 3.05) is 26.2 Å². The topological polar surface area (TPSA) is 49.9 Å². The fraction of sp³-hybridized carbons (Fsp3) is 0.333. The molecule has 2 aromatic carbocycles. The third-order valence-corrected chi connectivity index (χ3v) is 6.32.